The van der Waals surface area contributed by atoms with Crippen molar-refractivity contribution in [2.24, 2.45) is 0 Å². The van der Waals surface area contributed by atoms with Crippen molar-refractivity contribution in [3.63, 3.8) is 0 Å². The van der Waals surface area contributed by atoms with E-state index in [2.05, 4.69) is 15.2 Å². The number of para-hydroxylation sites is 1. The van der Waals surface area contributed by atoms with Crippen LogP contribution in [0, 0.1) is 12.7 Å². The van der Waals surface area contributed by atoms with Crippen LogP contribution in [0.5, 0.6) is 5.75 Å². The molecular formula is C32H33FN4O4. The first-order valence-corrected chi connectivity index (χ1v) is 13.7. The predicted octanol–water partition coefficient (Wildman–Crippen LogP) is 4.26. The number of nitrogens with one attached hydrogen (secondary N) is 1. The number of pyridine rings is 1. The highest BCUT2D eigenvalue weighted by atomic mass is 19.1. The van der Waals surface area contributed by atoms with Crippen LogP contribution in [0.4, 0.5) is 4.39 Å². The molecule has 0 unspecified atom stereocenters. The lowest BCUT2D eigenvalue weighted by molar-refractivity contribution is -0.143. The fourth-order valence-corrected chi connectivity index (χ4v) is 5.12. The molecule has 1 fully saturated rings. The molecule has 2 heterocycles. The van der Waals surface area contributed by atoms with Crippen molar-refractivity contribution in [3.05, 3.63) is 107 Å². The average Bonchev–Trinajstić information content (AvgIpc) is 2.98. The van der Waals surface area contributed by atoms with E-state index in [1.807, 2.05) is 42.2 Å². The minimum atomic E-state index is -0.972. The molecule has 1 atom stereocenters. The SMILES string of the molecule is Cc1cc(COc2ccc(C(=O)NC[C@@H](C(=O)O)N3CCN(Cc4ccc(F)cc4)CC3)cc2)c2ccccc2n1. The van der Waals surface area contributed by atoms with Gasteiger partial charge >= 0.3 is 5.97 Å². The number of carboxylic acid groups (broad SMARTS) is 1. The van der Waals surface area contributed by atoms with Crippen molar-refractivity contribution in [1.82, 2.24) is 20.1 Å². The fraction of sp³-hybridized carbons (Fsp3) is 0.281. The van der Waals surface area contributed by atoms with Gasteiger partial charge in [0.15, 0.2) is 0 Å². The minimum absolute atomic E-state index is 0.00114. The molecule has 0 radical (unpaired) electrons. The second kappa shape index (κ2) is 12.9. The highest BCUT2D eigenvalue weighted by molar-refractivity contribution is 5.94. The Bertz CT molecular complexity index is 1500. The Morgan fingerprint density at radius 1 is 1.00 bits per heavy atom. The Kier molecular flexibility index (Phi) is 8.86. The van der Waals surface area contributed by atoms with Crippen molar-refractivity contribution in [3.8, 4) is 5.75 Å². The lowest BCUT2D eigenvalue weighted by Gasteiger charge is -2.37. The van der Waals surface area contributed by atoms with Crippen LogP contribution < -0.4 is 10.1 Å². The summed E-state index contributed by atoms with van der Waals surface area (Å²) in [6.07, 6.45) is 0. The molecule has 0 aliphatic carbocycles. The lowest BCUT2D eigenvalue weighted by atomic mass is 10.1. The highest BCUT2D eigenvalue weighted by Gasteiger charge is 2.29. The quantitative estimate of drug-likeness (QED) is 0.301. The standard InChI is InChI=1S/C32H33FN4O4/c1-22-18-25(28-4-2-3-5-29(28)35-22)21-41-27-12-8-24(9-13-27)31(38)34-19-30(32(39)40)37-16-14-36(15-17-37)20-23-6-10-26(33)11-7-23/h2-13,18,30H,14-17,19-21H2,1H3,(H,34,38)(H,39,40)/t30-/m0/s1. The molecule has 1 aliphatic heterocycles. The van der Waals surface area contributed by atoms with E-state index in [-0.39, 0.29) is 18.3 Å². The van der Waals surface area contributed by atoms with Crippen LogP contribution in [0.25, 0.3) is 10.9 Å². The monoisotopic (exact) mass is 556 g/mol. The van der Waals surface area contributed by atoms with Crippen LogP contribution in [0.15, 0.2) is 78.9 Å². The first-order valence-electron chi connectivity index (χ1n) is 13.7. The molecule has 4 aromatic rings. The lowest BCUT2D eigenvalue weighted by Crippen LogP contribution is -2.55. The number of halogens is 1. The van der Waals surface area contributed by atoms with Gasteiger partial charge in [0.1, 0.15) is 24.2 Å². The van der Waals surface area contributed by atoms with Crippen LogP contribution in [0.3, 0.4) is 0 Å². The summed E-state index contributed by atoms with van der Waals surface area (Å²) in [5.74, 6) is -0.950. The summed E-state index contributed by atoms with van der Waals surface area (Å²) in [4.78, 5) is 33.5. The molecule has 9 heteroatoms. The number of aromatic nitrogens is 1. The van der Waals surface area contributed by atoms with Gasteiger partial charge in [-0.25, -0.2) is 4.39 Å². The summed E-state index contributed by atoms with van der Waals surface area (Å²) in [5.41, 5.74) is 4.31. The average molecular weight is 557 g/mol. The number of amides is 1. The van der Waals surface area contributed by atoms with Crippen LogP contribution in [-0.4, -0.2) is 70.5 Å². The van der Waals surface area contributed by atoms with Gasteiger partial charge < -0.3 is 15.2 Å². The molecular weight excluding hydrogens is 523 g/mol. The molecule has 41 heavy (non-hydrogen) atoms. The Morgan fingerprint density at radius 3 is 2.41 bits per heavy atom. The molecule has 3 aromatic carbocycles. The third-order valence-corrected chi connectivity index (χ3v) is 7.35. The van der Waals surface area contributed by atoms with Gasteiger partial charge in [0, 0.05) is 61.5 Å². The van der Waals surface area contributed by atoms with E-state index in [9.17, 15) is 19.1 Å². The topological polar surface area (TPSA) is 95.0 Å². The molecule has 212 valence electrons. The highest BCUT2D eigenvalue weighted by Crippen LogP contribution is 2.21. The smallest absolute Gasteiger partial charge is 0.322 e. The molecule has 0 saturated carbocycles. The van der Waals surface area contributed by atoms with E-state index in [1.165, 1.54) is 12.1 Å². The summed E-state index contributed by atoms with van der Waals surface area (Å²) in [5, 5.41) is 13.7. The van der Waals surface area contributed by atoms with Crippen LogP contribution in [0.2, 0.25) is 0 Å². The van der Waals surface area contributed by atoms with E-state index >= 15 is 0 Å². The summed E-state index contributed by atoms with van der Waals surface area (Å²) in [7, 11) is 0. The van der Waals surface area contributed by atoms with Crippen molar-refractivity contribution < 1.29 is 23.8 Å². The number of benzene rings is 3. The second-order valence-electron chi connectivity index (χ2n) is 10.3. The second-order valence-corrected chi connectivity index (χ2v) is 10.3. The van der Waals surface area contributed by atoms with Gasteiger partial charge in [-0.15, -0.1) is 0 Å². The number of rotatable bonds is 10. The maximum atomic E-state index is 13.2. The van der Waals surface area contributed by atoms with Crippen LogP contribution in [-0.2, 0) is 17.9 Å². The van der Waals surface area contributed by atoms with E-state index < -0.39 is 12.0 Å². The molecule has 2 N–H and O–H groups in total. The van der Waals surface area contributed by atoms with Gasteiger partial charge in [-0.1, -0.05) is 30.3 Å². The zero-order chi connectivity index (χ0) is 28.8. The van der Waals surface area contributed by atoms with Crippen LogP contribution in [0.1, 0.15) is 27.2 Å². The summed E-state index contributed by atoms with van der Waals surface area (Å²) >= 11 is 0. The van der Waals surface area contributed by atoms with Crippen molar-refractivity contribution in [1.29, 1.82) is 0 Å². The zero-order valence-electron chi connectivity index (χ0n) is 22.9. The third kappa shape index (κ3) is 7.25. The third-order valence-electron chi connectivity index (χ3n) is 7.35. The Balaban J connectivity index is 1.11. The van der Waals surface area contributed by atoms with Gasteiger partial charge in [-0.2, -0.15) is 0 Å². The number of fused-ring (bicyclic) bond motifs is 1. The van der Waals surface area contributed by atoms with E-state index in [1.54, 1.807) is 36.4 Å². The minimum Gasteiger partial charge on any atom is -0.489 e. The predicted molar refractivity (Wildman–Crippen MR) is 154 cm³/mol. The number of nitrogens with zero attached hydrogens (tertiary/aromatic N) is 3. The number of carbonyl (C=O) groups is 2. The largest absolute Gasteiger partial charge is 0.489 e. The number of hydrogen-bond donors (Lipinski definition) is 2. The fourth-order valence-electron chi connectivity index (χ4n) is 5.12. The van der Waals surface area contributed by atoms with E-state index in [4.69, 9.17) is 4.74 Å². The number of carbonyl (C=O) groups excluding carboxylic acids is 1. The number of aryl methyl sites for hydroxylation is 1. The Hall–Kier alpha value is -4.34. The van der Waals surface area contributed by atoms with E-state index in [0.29, 0.717) is 50.6 Å². The van der Waals surface area contributed by atoms with Gasteiger partial charge in [-0.3, -0.25) is 24.4 Å². The molecule has 8 nitrogen and oxygen atoms in total. The molecule has 1 aliphatic rings. The maximum Gasteiger partial charge on any atom is 0.322 e. The first kappa shape index (κ1) is 28.2. The number of ether oxygens (including phenoxy) is 1. The first-order chi connectivity index (χ1) is 19.9. The molecule has 1 saturated heterocycles. The van der Waals surface area contributed by atoms with Crippen LogP contribution >= 0.6 is 0 Å². The number of carboxylic acids is 1. The van der Waals surface area contributed by atoms with Gasteiger partial charge in [0.25, 0.3) is 5.91 Å². The maximum absolute atomic E-state index is 13.2. The van der Waals surface area contributed by atoms with Gasteiger partial charge in [-0.05, 0) is 61.0 Å². The molecule has 1 aromatic heterocycles. The summed E-state index contributed by atoms with van der Waals surface area (Å²) in [6.45, 7) is 5.50. The molecule has 0 bridgehead atoms. The zero-order valence-corrected chi connectivity index (χ0v) is 22.9. The molecule has 5 rings (SSSR count). The van der Waals surface area contributed by atoms with Gasteiger partial charge in [0.05, 0.1) is 5.52 Å². The van der Waals surface area contributed by atoms with Crippen molar-refractivity contribution in [2.75, 3.05) is 32.7 Å². The Morgan fingerprint density at radius 2 is 1.71 bits per heavy atom. The number of piperazine rings is 1. The summed E-state index contributed by atoms with van der Waals surface area (Å²) in [6, 6.07) is 22.3. The number of aliphatic carboxylic acids is 1. The van der Waals surface area contributed by atoms with E-state index in [0.717, 1.165) is 27.7 Å². The van der Waals surface area contributed by atoms with Crippen molar-refractivity contribution >= 4 is 22.8 Å². The molecule has 1 amide bonds. The molecule has 0 spiro atoms. The normalized spacial score (nSPS) is 15.0. The number of hydrogen-bond acceptors (Lipinski definition) is 6. The van der Waals surface area contributed by atoms with Crippen molar-refractivity contribution in [2.45, 2.75) is 26.1 Å². The van der Waals surface area contributed by atoms with Gasteiger partial charge in [0.2, 0.25) is 0 Å². The summed E-state index contributed by atoms with van der Waals surface area (Å²) < 4.78 is 19.2. The Labute approximate surface area is 238 Å².